The van der Waals surface area contributed by atoms with E-state index in [0.717, 1.165) is 0 Å². The molecule has 1 aliphatic heterocycles. The molecule has 1 aromatic heterocycles. The minimum Gasteiger partial charge on any atom is -0.444 e. The molecule has 1 atom stereocenters. The first-order valence-electron chi connectivity index (χ1n) is 9.10. The Balaban J connectivity index is 1.98. The maximum atomic E-state index is 12.8. The summed E-state index contributed by atoms with van der Waals surface area (Å²) in [5.41, 5.74) is -0.868. The lowest BCUT2D eigenvalue weighted by Crippen LogP contribution is -2.35. The molecule has 1 saturated heterocycles. The van der Waals surface area contributed by atoms with Crippen LogP contribution in [0, 0.1) is 10.1 Å². The standard InChI is InChI=1S/C19H24N4O5/c1-19(2,3)28-18(25)21-11-10-13(12-21)15-16(23(26)27)17(24)22(20(15)4)14-8-6-5-7-9-14/h5-9,13H,10-12H2,1-4H3. The Kier molecular flexibility index (Phi) is 5.01. The minimum atomic E-state index is -0.676. The van der Waals surface area contributed by atoms with Crippen molar-refractivity contribution in [3.05, 3.63) is 56.5 Å². The Morgan fingerprint density at radius 2 is 1.89 bits per heavy atom. The van der Waals surface area contributed by atoms with Crippen LogP contribution in [-0.4, -0.2) is 44.0 Å². The van der Waals surface area contributed by atoms with Gasteiger partial charge in [0.2, 0.25) is 0 Å². The lowest BCUT2D eigenvalue weighted by atomic mass is 10.0. The summed E-state index contributed by atoms with van der Waals surface area (Å²) in [5.74, 6) is -0.324. The van der Waals surface area contributed by atoms with E-state index in [1.54, 1.807) is 52.1 Å². The zero-order valence-corrected chi connectivity index (χ0v) is 16.4. The molecular weight excluding hydrogens is 364 g/mol. The van der Waals surface area contributed by atoms with Crippen LogP contribution in [0.3, 0.4) is 0 Å². The lowest BCUT2D eigenvalue weighted by Gasteiger charge is -2.24. The van der Waals surface area contributed by atoms with Crippen molar-refractivity contribution in [2.75, 3.05) is 13.1 Å². The van der Waals surface area contributed by atoms with Crippen LogP contribution in [0.2, 0.25) is 0 Å². The summed E-state index contributed by atoms with van der Waals surface area (Å²) in [7, 11) is 1.63. The van der Waals surface area contributed by atoms with Gasteiger partial charge in [0.25, 0.3) is 0 Å². The Morgan fingerprint density at radius 3 is 2.46 bits per heavy atom. The summed E-state index contributed by atoms with van der Waals surface area (Å²) in [4.78, 5) is 37.7. The number of amides is 1. The molecule has 9 heteroatoms. The van der Waals surface area contributed by atoms with Gasteiger partial charge in [-0.25, -0.2) is 9.48 Å². The van der Waals surface area contributed by atoms with Crippen LogP contribution in [0.1, 0.15) is 38.8 Å². The Bertz CT molecular complexity index is 955. The van der Waals surface area contributed by atoms with Crippen molar-refractivity contribution in [3.8, 4) is 5.69 Å². The maximum absolute atomic E-state index is 12.8. The van der Waals surface area contributed by atoms with E-state index in [0.29, 0.717) is 24.3 Å². The second-order valence-corrected chi connectivity index (χ2v) is 7.88. The number of aromatic nitrogens is 2. The summed E-state index contributed by atoms with van der Waals surface area (Å²) in [6, 6.07) is 8.77. The van der Waals surface area contributed by atoms with Gasteiger partial charge in [0.15, 0.2) is 0 Å². The molecule has 0 aliphatic carbocycles. The highest BCUT2D eigenvalue weighted by Gasteiger charge is 2.39. The molecule has 0 bridgehead atoms. The molecule has 2 aromatic rings. The molecule has 0 N–H and O–H groups in total. The van der Waals surface area contributed by atoms with Crippen molar-refractivity contribution in [3.63, 3.8) is 0 Å². The van der Waals surface area contributed by atoms with Crippen molar-refractivity contribution in [2.24, 2.45) is 7.05 Å². The molecule has 1 aromatic carbocycles. The molecule has 1 unspecified atom stereocenters. The molecule has 150 valence electrons. The first-order chi connectivity index (χ1) is 13.1. The molecule has 28 heavy (non-hydrogen) atoms. The SMILES string of the molecule is Cn1c(C2CCN(C(=O)OC(C)(C)C)C2)c([N+](=O)[O-])c(=O)n1-c1ccccc1. The van der Waals surface area contributed by atoms with Gasteiger partial charge in [-0.05, 0) is 39.3 Å². The van der Waals surface area contributed by atoms with Gasteiger partial charge in [-0.15, -0.1) is 0 Å². The van der Waals surface area contributed by atoms with E-state index in [4.69, 9.17) is 4.74 Å². The van der Waals surface area contributed by atoms with Gasteiger partial charge < -0.3 is 9.64 Å². The highest BCUT2D eigenvalue weighted by molar-refractivity contribution is 5.68. The number of ether oxygens (including phenoxy) is 1. The molecule has 0 radical (unpaired) electrons. The van der Waals surface area contributed by atoms with E-state index in [9.17, 15) is 19.7 Å². The molecule has 0 spiro atoms. The van der Waals surface area contributed by atoms with Crippen molar-refractivity contribution >= 4 is 11.8 Å². The average Bonchev–Trinajstić information content (AvgIpc) is 3.17. The zero-order valence-electron chi connectivity index (χ0n) is 16.4. The summed E-state index contributed by atoms with van der Waals surface area (Å²) >= 11 is 0. The Morgan fingerprint density at radius 1 is 1.25 bits per heavy atom. The summed E-state index contributed by atoms with van der Waals surface area (Å²) in [6.45, 7) is 6.04. The smallest absolute Gasteiger partial charge is 0.410 e. The fourth-order valence-electron chi connectivity index (χ4n) is 3.57. The predicted molar refractivity (Wildman–Crippen MR) is 103 cm³/mol. The molecule has 3 rings (SSSR count). The monoisotopic (exact) mass is 388 g/mol. The zero-order chi connectivity index (χ0) is 20.6. The number of carbonyl (C=O) groups is 1. The fraction of sp³-hybridized carbons (Fsp3) is 0.474. The molecule has 9 nitrogen and oxygen atoms in total. The first-order valence-corrected chi connectivity index (χ1v) is 9.10. The van der Waals surface area contributed by atoms with Gasteiger partial charge in [0.05, 0.1) is 10.6 Å². The van der Waals surface area contributed by atoms with Crippen molar-refractivity contribution in [1.82, 2.24) is 14.3 Å². The van der Waals surface area contributed by atoms with E-state index in [-0.39, 0.29) is 12.5 Å². The molecule has 2 heterocycles. The number of carbonyl (C=O) groups excluding carboxylic acids is 1. The van der Waals surface area contributed by atoms with E-state index in [1.807, 2.05) is 6.07 Å². The van der Waals surface area contributed by atoms with Gasteiger partial charge in [0, 0.05) is 26.1 Å². The number of hydrogen-bond donors (Lipinski definition) is 0. The highest BCUT2D eigenvalue weighted by atomic mass is 16.6. The number of benzene rings is 1. The van der Waals surface area contributed by atoms with Gasteiger partial charge in [-0.1, -0.05) is 18.2 Å². The molecule has 1 aliphatic rings. The third kappa shape index (κ3) is 3.64. The molecular formula is C19H24N4O5. The largest absolute Gasteiger partial charge is 0.444 e. The van der Waals surface area contributed by atoms with Gasteiger partial charge in [0.1, 0.15) is 11.3 Å². The summed E-state index contributed by atoms with van der Waals surface area (Å²) in [5, 5.41) is 11.7. The van der Waals surface area contributed by atoms with Crippen molar-refractivity contribution < 1.29 is 14.5 Å². The topological polar surface area (TPSA) is 99.6 Å². The van der Waals surface area contributed by atoms with Crippen LogP contribution in [0.15, 0.2) is 35.1 Å². The van der Waals surface area contributed by atoms with E-state index < -0.39 is 27.9 Å². The normalized spacial score (nSPS) is 17.0. The molecule has 1 fully saturated rings. The van der Waals surface area contributed by atoms with Crippen LogP contribution in [0.4, 0.5) is 10.5 Å². The van der Waals surface area contributed by atoms with Gasteiger partial charge in [-0.2, -0.15) is 0 Å². The summed E-state index contributed by atoms with van der Waals surface area (Å²) in [6.07, 6.45) is 0.0664. The lowest BCUT2D eigenvalue weighted by molar-refractivity contribution is -0.387. The molecule has 1 amide bonds. The Hall–Kier alpha value is -3.10. The van der Waals surface area contributed by atoms with Crippen LogP contribution in [0.25, 0.3) is 5.69 Å². The summed E-state index contributed by atoms with van der Waals surface area (Å²) < 4.78 is 8.21. The third-order valence-corrected chi connectivity index (χ3v) is 4.70. The predicted octanol–water partition coefficient (Wildman–Crippen LogP) is 2.81. The molecule has 0 saturated carbocycles. The minimum absolute atomic E-state index is 0.266. The van der Waals surface area contributed by atoms with Crippen molar-refractivity contribution in [1.29, 1.82) is 0 Å². The second kappa shape index (κ2) is 7.14. The fourth-order valence-corrected chi connectivity index (χ4v) is 3.57. The number of hydrogen-bond acceptors (Lipinski definition) is 5. The number of para-hydroxylation sites is 1. The number of likely N-dealkylation sites (tertiary alicyclic amines) is 1. The highest BCUT2D eigenvalue weighted by Crippen LogP contribution is 2.33. The first kappa shape index (κ1) is 19.7. The quantitative estimate of drug-likeness (QED) is 0.595. The van der Waals surface area contributed by atoms with Crippen LogP contribution < -0.4 is 5.56 Å². The second-order valence-electron chi connectivity index (χ2n) is 7.88. The number of nitro groups is 1. The van der Waals surface area contributed by atoms with E-state index in [1.165, 1.54) is 14.3 Å². The van der Waals surface area contributed by atoms with Crippen LogP contribution in [0.5, 0.6) is 0 Å². The number of nitrogens with zero attached hydrogens (tertiary/aromatic N) is 4. The van der Waals surface area contributed by atoms with E-state index in [2.05, 4.69) is 0 Å². The van der Waals surface area contributed by atoms with Crippen LogP contribution in [-0.2, 0) is 11.8 Å². The third-order valence-electron chi connectivity index (χ3n) is 4.70. The Labute approximate surface area is 162 Å². The average molecular weight is 388 g/mol. The van der Waals surface area contributed by atoms with Gasteiger partial charge >= 0.3 is 17.3 Å². The maximum Gasteiger partial charge on any atom is 0.410 e. The van der Waals surface area contributed by atoms with Crippen molar-refractivity contribution in [2.45, 2.75) is 38.7 Å². The van der Waals surface area contributed by atoms with E-state index >= 15 is 0 Å². The van der Waals surface area contributed by atoms with Crippen LogP contribution >= 0.6 is 0 Å². The van der Waals surface area contributed by atoms with Gasteiger partial charge in [-0.3, -0.25) is 19.6 Å². The number of rotatable bonds is 3.